The van der Waals surface area contributed by atoms with Crippen LogP contribution in [0.5, 0.6) is 11.5 Å². The highest BCUT2D eigenvalue weighted by Gasteiger charge is 2.10. The van der Waals surface area contributed by atoms with Crippen molar-refractivity contribution in [1.82, 2.24) is 4.90 Å². The van der Waals surface area contributed by atoms with E-state index >= 15 is 0 Å². The number of carbonyl (C=O) groups excluding carboxylic acids is 1. The zero-order valence-corrected chi connectivity index (χ0v) is 13.0. The van der Waals surface area contributed by atoms with Crippen LogP contribution in [0.1, 0.15) is 37.7 Å². The van der Waals surface area contributed by atoms with Crippen LogP contribution in [0.25, 0.3) is 0 Å². The van der Waals surface area contributed by atoms with Crippen molar-refractivity contribution in [3.63, 3.8) is 0 Å². The Balaban J connectivity index is 2.41. The molecule has 0 aromatic heterocycles. The summed E-state index contributed by atoms with van der Waals surface area (Å²) in [6, 6.07) is 5.13. The molecule has 5 nitrogen and oxygen atoms in total. The first-order valence-corrected chi connectivity index (χ1v) is 7.38. The van der Waals surface area contributed by atoms with Crippen molar-refractivity contribution in [2.24, 2.45) is 5.73 Å². The monoisotopic (exact) mass is 294 g/mol. The number of carbonyl (C=O) groups is 1. The molecule has 0 atom stereocenters. The lowest BCUT2D eigenvalue weighted by molar-refractivity contribution is -0.130. The smallest absolute Gasteiger partial charge is 0.222 e. The Hall–Kier alpha value is -1.75. The zero-order chi connectivity index (χ0) is 15.7. The van der Waals surface area contributed by atoms with Crippen LogP contribution >= 0.6 is 0 Å². The van der Waals surface area contributed by atoms with Gasteiger partial charge in [0.05, 0.1) is 7.11 Å². The number of hydrogen-bond donors (Lipinski definition) is 2. The third-order valence-electron chi connectivity index (χ3n) is 3.43. The number of nitrogens with zero attached hydrogens (tertiary/aromatic N) is 1. The molecule has 0 saturated carbocycles. The van der Waals surface area contributed by atoms with E-state index in [1.54, 1.807) is 30.1 Å². The molecule has 0 aliphatic heterocycles. The maximum atomic E-state index is 12.0. The first kappa shape index (κ1) is 17.3. The molecule has 0 saturated heterocycles. The molecule has 0 fully saturated rings. The van der Waals surface area contributed by atoms with Crippen LogP contribution in [-0.4, -0.2) is 36.6 Å². The molecular weight excluding hydrogens is 268 g/mol. The highest BCUT2D eigenvalue weighted by molar-refractivity contribution is 5.75. The fourth-order valence-corrected chi connectivity index (χ4v) is 2.15. The second-order valence-corrected chi connectivity index (χ2v) is 5.21. The molecule has 0 radical (unpaired) electrons. The van der Waals surface area contributed by atoms with Crippen LogP contribution < -0.4 is 10.5 Å². The lowest BCUT2D eigenvalue weighted by Crippen LogP contribution is -2.25. The maximum Gasteiger partial charge on any atom is 0.222 e. The summed E-state index contributed by atoms with van der Waals surface area (Å²) in [5, 5.41) is 9.55. The van der Waals surface area contributed by atoms with Crippen LogP contribution in [0, 0.1) is 0 Å². The second kappa shape index (κ2) is 9.23. The summed E-state index contributed by atoms with van der Waals surface area (Å²) in [6.07, 6.45) is 4.63. The molecular formula is C16H26N2O3. The standard InChI is InChI=1S/C16H26N2O3/c1-18(16(20)7-5-3-4-6-10-17)12-13-8-9-14(19)15(11-13)21-2/h8-9,11,19H,3-7,10,12,17H2,1-2H3. The van der Waals surface area contributed by atoms with Crippen molar-refractivity contribution in [3.05, 3.63) is 23.8 Å². The Morgan fingerprint density at radius 2 is 2.00 bits per heavy atom. The minimum Gasteiger partial charge on any atom is -0.504 e. The van der Waals surface area contributed by atoms with Crippen molar-refractivity contribution >= 4 is 5.91 Å². The third kappa shape index (κ3) is 6.04. The number of aromatic hydroxyl groups is 1. The van der Waals surface area contributed by atoms with E-state index in [0.717, 1.165) is 37.8 Å². The average Bonchev–Trinajstić information content (AvgIpc) is 2.48. The second-order valence-electron chi connectivity index (χ2n) is 5.21. The Kier molecular flexibility index (Phi) is 7.61. The van der Waals surface area contributed by atoms with Crippen LogP contribution in [0.4, 0.5) is 0 Å². The summed E-state index contributed by atoms with van der Waals surface area (Å²) in [6.45, 7) is 1.23. The third-order valence-corrected chi connectivity index (χ3v) is 3.43. The molecule has 0 aliphatic rings. The van der Waals surface area contributed by atoms with Gasteiger partial charge in [0.15, 0.2) is 11.5 Å². The fourth-order valence-electron chi connectivity index (χ4n) is 2.15. The largest absolute Gasteiger partial charge is 0.504 e. The lowest BCUT2D eigenvalue weighted by atomic mass is 10.1. The molecule has 0 unspecified atom stereocenters. The maximum absolute atomic E-state index is 12.0. The van der Waals surface area contributed by atoms with Crippen molar-refractivity contribution in [1.29, 1.82) is 0 Å². The number of phenols is 1. The van der Waals surface area contributed by atoms with E-state index < -0.39 is 0 Å². The SMILES string of the molecule is COc1cc(CN(C)C(=O)CCCCCCN)ccc1O. The summed E-state index contributed by atoms with van der Waals surface area (Å²) in [4.78, 5) is 13.7. The number of ether oxygens (including phenoxy) is 1. The number of rotatable bonds is 9. The van der Waals surface area contributed by atoms with Gasteiger partial charge < -0.3 is 20.5 Å². The summed E-state index contributed by atoms with van der Waals surface area (Å²) in [5.74, 6) is 0.667. The molecule has 0 heterocycles. The van der Waals surface area contributed by atoms with Gasteiger partial charge in [0.25, 0.3) is 0 Å². The van der Waals surface area contributed by atoms with E-state index in [4.69, 9.17) is 10.5 Å². The van der Waals surface area contributed by atoms with Gasteiger partial charge in [0.1, 0.15) is 0 Å². The average molecular weight is 294 g/mol. The van der Waals surface area contributed by atoms with Gasteiger partial charge in [0, 0.05) is 20.0 Å². The number of benzene rings is 1. The van der Waals surface area contributed by atoms with Gasteiger partial charge in [-0.1, -0.05) is 18.9 Å². The summed E-state index contributed by atoms with van der Waals surface area (Å²) in [7, 11) is 3.30. The number of hydrogen-bond acceptors (Lipinski definition) is 4. The minimum atomic E-state index is 0.107. The van der Waals surface area contributed by atoms with Gasteiger partial charge >= 0.3 is 0 Å². The highest BCUT2D eigenvalue weighted by Crippen LogP contribution is 2.26. The number of methoxy groups -OCH3 is 1. The van der Waals surface area contributed by atoms with Crippen molar-refractivity contribution in [3.8, 4) is 11.5 Å². The molecule has 3 N–H and O–H groups in total. The van der Waals surface area contributed by atoms with Crippen LogP contribution in [-0.2, 0) is 11.3 Å². The molecule has 21 heavy (non-hydrogen) atoms. The molecule has 5 heteroatoms. The minimum absolute atomic E-state index is 0.107. The zero-order valence-electron chi connectivity index (χ0n) is 13.0. The molecule has 1 rings (SSSR count). The quantitative estimate of drug-likeness (QED) is 0.685. The van der Waals surface area contributed by atoms with Crippen LogP contribution in [0.15, 0.2) is 18.2 Å². The van der Waals surface area contributed by atoms with Gasteiger partial charge in [-0.15, -0.1) is 0 Å². The molecule has 1 aromatic carbocycles. The molecule has 0 bridgehead atoms. The predicted molar refractivity (Wildman–Crippen MR) is 83.3 cm³/mol. The number of amides is 1. The molecule has 118 valence electrons. The molecule has 1 amide bonds. The van der Waals surface area contributed by atoms with Crippen LogP contribution in [0.3, 0.4) is 0 Å². The Morgan fingerprint density at radius 1 is 1.29 bits per heavy atom. The molecule has 0 spiro atoms. The Bertz CT molecular complexity index is 449. The van der Waals surface area contributed by atoms with Gasteiger partial charge in [-0.2, -0.15) is 0 Å². The van der Waals surface area contributed by atoms with E-state index in [0.29, 0.717) is 18.7 Å². The van der Waals surface area contributed by atoms with E-state index in [9.17, 15) is 9.90 Å². The van der Waals surface area contributed by atoms with Crippen molar-refractivity contribution in [2.45, 2.75) is 38.6 Å². The van der Waals surface area contributed by atoms with E-state index in [1.807, 2.05) is 0 Å². The van der Waals surface area contributed by atoms with Gasteiger partial charge in [-0.3, -0.25) is 4.79 Å². The Labute approximate surface area is 126 Å². The fraction of sp³-hybridized carbons (Fsp3) is 0.562. The van der Waals surface area contributed by atoms with Gasteiger partial charge in [-0.05, 0) is 37.1 Å². The number of phenolic OH excluding ortho intramolecular Hbond substituents is 1. The topological polar surface area (TPSA) is 75.8 Å². The highest BCUT2D eigenvalue weighted by atomic mass is 16.5. The summed E-state index contributed by atoms with van der Waals surface area (Å²) >= 11 is 0. The summed E-state index contributed by atoms with van der Waals surface area (Å²) in [5.41, 5.74) is 6.37. The Morgan fingerprint density at radius 3 is 2.67 bits per heavy atom. The van der Waals surface area contributed by atoms with Crippen LogP contribution in [0.2, 0.25) is 0 Å². The first-order chi connectivity index (χ1) is 10.1. The summed E-state index contributed by atoms with van der Waals surface area (Å²) < 4.78 is 5.07. The first-order valence-electron chi connectivity index (χ1n) is 7.38. The number of nitrogens with two attached hydrogens (primary N) is 1. The molecule has 1 aromatic rings. The molecule has 0 aliphatic carbocycles. The van der Waals surface area contributed by atoms with E-state index in [-0.39, 0.29) is 11.7 Å². The lowest BCUT2D eigenvalue weighted by Gasteiger charge is -2.18. The van der Waals surface area contributed by atoms with Gasteiger partial charge in [-0.25, -0.2) is 0 Å². The number of unbranched alkanes of at least 4 members (excludes halogenated alkanes) is 3. The van der Waals surface area contributed by atoms with Crippen molar-refractivity contribution < 1.29 is 14.6 Å². The normalized spacial score (nSPS) is 10.4. The predicted octanol–water partition coefficient (Wildman–Crippen LogP) is 2.27. The van der Waals surface area contributed by atoms with Gasteiger partial charge in [0.2, 0.25) is 5.91 Å². The van der Waals surface area contributed by atoms with E-state index in [1.165, 1.54) is 7.11 Å². The van der Waals surface area contributed by atoms with Crippen molar-refractivity contribution in [2.75, 3.05) is 20.7 Å². The van der Waals surface area contributed by atoms with E-state index in [2.05, 4.69) is 0 Å².